The van der Waals surface area contributed by atoms with Crippen LogP contribution in [0.1, 0.15) is 43.0 Å². The summed E-state index contributed by atoms with van der Waals surface area (Å²) in [7, 11) is 0. The normalized spacial score (nSPS) is 10.8. The highest BCUT2D eigenvalue weighted by Gasteiger charge is 2.11. The van der Waals surface area contributed by atoms with Crippen LogP contribution in [0.3, 0.4) is 0 Å². The number of aromatic amines is 1. The molecular weight excluding hydrogens is 384 g/mol. The van der Waals surface area contributed by atoms with E-state index < -0.39 is 5.97 Å². The zero-order chi connectivity index (χ0) is 21.3. The molecule has 0 spiro atoms. The lowest BCUT2D eigenvalue weighted by Crippen LogP contribution is -2.18. The van der Waals surface area contributed by atoms with E-state index in [4.69, 9.17) is 9.47 Å². The average Bonchev–Trinajstić information content (AvgIpc) is 3.09. The standard InChI is InChI=1S/C23H26N2O5/c1-2-15-29-18-10-8-17(9-11-18)21(26)12-13-22(27)30-16-5-14-25-20-7-4-3-6-19(20)24-23(25)28/h3-4,6-11H,2,5,12-16H2,1H3,(H,24,28). The number of nitrogens with zero attached hydrogens (tertiary/aromatic N) is 1. The number of ether oxygens (including phenoxy) is 2. The maximum atomic E-state index is 12.2. The van der Waals surface area contributed by atoms with Crippen LogP contribution in [0.2, 0.25) is 0 Å². The molecule has 7 nitrogen and oxygen atoms in total. The molecular formula is C23H26N2O5. The quantitative estimate of drug-likeness (QED) is 0.296. The molecule has 3 aromatic rings. The Bertz CT molecular complexity index is 1050. The highest BCUT2D eigenvalue weighted by molar-refractivity contribution is 5.97. The zero-order valence-electron chi connectivity index (χ0n) is 17.1. The van der Waals surface area contributed by atoms with E-state index in [1.807, 2.05) is 31.2 Å². The maximum absolute atomic E-state index is 12.2. The fraction of sp³-hybridized carbons (Fsp3) is 0.348. The summed E-state index contributed by atoms with van der Waals surface area (Å²) < 4.78 is 12.3. The predicted molar refractivity (Wildman–Crippen MR) is 114 cm³/mol. The van der Waals surface area contributed by atoms with Crippen molar-refractivity contribution in [3.63, 3.8) is 0 Å². The van der Waals surface area contributed by atoms with Crippen molar-refractivity contribution in [1.82, 2.24) is 9.55 Å². The number of H-pyrrole nitrogens is 1. The van der Waals surface area contributed by atoms with Gasteiger partial charge in [-0.15, -0.1) is 0 Å². The van der Waals surface area contributed by atoms with Crippen LogP contribution < -0.4 is 10.4 Å². The summed E-state index contributed by atoms with van der Waals surface area (Å²) in [6.07, 6.45) is 1.55. The van der Waals surface area contributed by atoms with Crippen LogP contribution in [-0.4, -0.2) is 34.5 Å². The molecule has 0 bridgehead atoms. The number of hydrogen-bond donors (Lipinski definition) is 1. The van der Waals surface area contributed by atoms with Crippen molar-refractivity contribution in [1.29, 1.82) is 0 Å². The molecule has 2 aromatic carbocycles. The van der Waals surface area contributed by atoms with Crippen LogP contribution >= 0.6 is 0 Å². The second kappa shape index (κ2) is 10.4. The predicted octanol–water partition coefficient (Wildman–Crippen LogP) is 3.71. The van der Waals surface area contributed by atoms with Gasteiger partial charge in [-0.2, -0.15) is 0 Å². The minimum atomic E-state index is -0.419. The molecule has 0 aliphatic carbocycles. The third-order valence-corrected chi connectivity index (χ3v) is 4.68. The second-order valence-corrected chi connectivity index (χ2v) is 6.97. The SMILES string of the molecule is CCCOc1ccc(C(=O)CCC(=O)OCCCn2c(=O)[nH]c3ccccc32)cc1. The third-order valence-electron chi connectivity index (χ3n) is 4.68. The van der Waals surface area contributed by atoms with E-state index in [1.54, 1.807) is 28.8 Å². The first-order chi connectivity index (χ1) is 14.6. The van der Waals surface area contributed by atoms with Gasteiger partial charge in [-0.1, -0.05) is 19.1 Å². The van der Waals surface area contributed by atoms with Crippen molar-refractivity contribution in [2.45, 2.75) is 39.2 Å². The topological polar surface area (TPSA) is 90.4 Å². The molecule has 30 heavy (non-hydrogen) atoms. The summed E-state index contributed by atoms with van der Waals surface area (Å²) in [4.78, 5) is 39.0. The molecule has 0 saturated heterocycles. The molecule has 0 unspecified atom stereocenters. The van der Waals surface area contributed by atoms with Gasteiger partial charge in [0.2, 0.25) is 0 Å². The largest absolute Gasteiger partial charge is 0.494 e. The molecule has 1 heterocycles. The number of rotatable bonds is 11. The minimum absolute atomic E-state index is 0.0277. The van der Waals surface area contributed by atoms with Gasteiger partial charge in [0.05, 0.1) is 30.7 Å². The van der Waals surface area contributed by atoms with Crippen molar-refractivity contribution >= 4 is 22.8 Å². The summed E-state index contributed by atoms with van der Waals surface area (Å²) >= 11 is 0. The van der Waals surface area contributed by atoms with Gasteiger partial charge in [-0.25, -0.2) is 4.79 Å². The summed E-state index contributed by atoms with van der Waals surface area (Å²) in [5, 5.41) is 0. The van der Waals surface area contributed by atoms with Crippen LogP contribution in [-0.2, 0) is 16.1 Å². The number of nitrogens with one attached hydrogen (secondary N) is 1. The van der Waals surface area contributed by atoms with Crippen molar-refractivity contribution in [3.05, 3.63) is 64.6 Å². The van der Waals surface area contributed by atoms with Crippen LogP contribution in [0.15, 0.2) is 53.3 Å². The molecule has 0 fully saturated rings. The number of ketones is 1. The molecule has 0 saturated carbocycles. The van der Waals surface area contributed by atoms with Crippen molar-refractivity contribution in [3.8, 4) is 5.75 Å². The van der Waals surface area contributed by atoms with E-state index in [0.717, 1.165) is 23.2 Å². The van der Waals surface area contributed by atoms with Crippen LogP contribution in [0.5, 0.6) is 5.75 Å². The first-order valence-corrected chi connectivity index (χ1v) is 10.2. The Morgan fingerprint density at radius 3 is 2.53 bits per heavy atom. The maximum Gasteiger partial charge on any atom is 0.326 e. The van der Waals surface area contributed by atoms with Gasteiger partial charge in [0, 0.05) is 18.5 Å². The van der Waals surface area contributed by atoms with Crippen LogP contribution in [0.4, 0.5) is 0 Å². The molecule has 1 N–H and O–H groups in total. The van der Waals surface area contributed by atoms with Crippen LogP contribution in [0, 0.1) is 0 Å². The number of benzene rings is 2. The summed E-state index contributed by atoms with van der Waals surface area (Å²) in [6, 6.07) is 14.4. The van der Waals surface area contributed by atoms with Crippen molar-refractivity contribution < 1.29 is 19.1 Å². The Balaban J connectivity index is 1.39. The summed E-state index contributed by atoms with van der Waals surface area (Å²) in [5.74, 6) is 0.193. The Morgan fingerprint density at radius 1 is 1.00 bits per heavy atom. The van der Waals surface area contributed by atoms with Gasteiger partial charge < -0.3 is 14.5 Å². The molecule has 158 valence electrons. The molecule has 0 amide bonds. The number of fused-ring (bicyclic) bond motifs is 1. The van der Waals surface area contributed by atoms with Gasteiger partial charge in [0.1, 0.15) is 5.75 Å². The average molecular weight is 410 g/mol. The first kappa shape index (κ1) is 21.4. The van der Waals surface area contributed by atoms with E-state index >= 15 is 0 Å². The molecule has 0 radical (unpaired) electrons. The fourth-order valence-corrected chi connectivity index (χ4v) is 3.13. The minimum Gasteiger partial charge on any atom is -0.494 e. The van der Waals surface area contributed by atoms with Crippen molar-refractivity contribution in [2.75, 3.05) is 13.2 Å². The Labute approximate surface area is 174 Å². The molecule has 0 aliphatic heterocycles. The molecule has 1 aromatic heterocycles. The zero-order valence-corrected chi connectivity index (χ0v) is 17.1. The molecule has 7 heteroatoms. The van der Waals surface area contributed by atoms with E-state index in [-0.39, 0.29) is 30.9 Å². The lowest BCUT2D eigenvalue weighted by molar-refractivity contribution is -0.143. The first-order valence-electron chi connectivity index (χ1n) is 10.2. The smallest absolute Gasteiger partial charge is 0.326 e. The highest BCUT2D eigenvalue weighted by atomic mass is 16.5. The van der Waals surface area contributed by atoms with Gasteiger partial charge in [0.15, 0.2) is 5.78 Å². The van der Waals surface area contributed by atoms with Gasteiger partial charge in [0.25, 0.3) is 0 Å². The monoisotopic (exact) mass is 410 g/mol. The van der Waals surface area contributed by atoms with E-state index in [1.165, 1.54) is 0 Å². The number of imidazole rings is 1. The van der Waals surface area contributed by atoms with Gasteiger partial charge >= 0.3 is 11.7 Å². The Kier molecular flexibility index (Phi) is 7.43. The van der Waals surface area contributed by atoms with Gasteiger partial charge in [-0.3, -0.25) is 14.2 Å². The number of carbonyl (C=O) groups excluding carboxylic acids is 2. The number of para-hydroxylation sites is 2. The molecule has 0 atom stereocenters. The number of carbonyl (C=O) groups is 2. The lowest BCUT2D eigenvalue weighted by Gasteiger charge is -2.07. The lowest BCUT2D eigenvalue weighted by atomic mass is 10.1. The number of hydrogen-bond acceptors (Lipinski definition) is 5. The molecule has 3 rings (SSSR count). The fourth-order valence-electron chi connectivity index (χ4n) is 3.13. The van der Waals surface area contributed by atoms with E-state index in [0.29, 0.717) is 25.1 Å². The number of aryl methyl sites for hydroxylation is 1. The van der Waals surface area contributed by atoms with E-state index in [2.05, 4.69) is 4.98 Å². The second-order valence-electron chi connectivity index (χ2n) is 6.97. The molecule has 0 aliphatic rings. The van der Waals surface area contributed by atoms with Crippen molar-refractivity contribution in [2.24, 2.45) is 0 Å². The summed E-state index contributed by atoms with van der Waals surface area (Å²) in [5.41, 5.74) is 1.97. The summed E-state index contributed by atoms with van der Waals surface area (Å²) in [6.45, 7) is 3.30. The Hall–Kier alpha value is -3.35. The highest BCUT2D eigenvalue weighted by Crippen LogP contribution is 2.14. The third kappa shape index (κ3) is 5.59. The van der Waals surface area contributed by atoms with Crippen LogP contribution in [0.25, 0.3) is 11.0 Å². The number of aromatic nitrogens is 2. The van der Waals surface area contributed by atoms with Gasteiger partial charge in [-0.05, 0) is 49.2 Å². The van der Waals surface area contributed by atoms with E-state index in [9.17, 15) is 14.4 Å². The number of Topliss-reactive ketones (excluding diaryl/α,β-unsaturated/α-hetero) is 1. The number of esters is 1. The Morgan fingerprint density at radius 2 is 1.77 bits per heavy atom.